The summed E-state index contributed by atoms with van der Waals surface area (Å²) in [6.45, 7) is 0. The summed E-state index contributed by atoms with van der Waals surface area (Å²) in [4.78, 5) is 12.2. The van der Waals surface area contributed by atoms with Crippen LogP contribution in [0.1, 0.15) is 21.5 Å². The Hall–Kier alpha value is -2.75. The first-order valence-electron chi connectivity index (χ1n) is 6.14. The number of aromatic hydroxyl groups is 3. The highest BCUT2D eigenvalue weighted by Crippen LogP contribution is 2.31. The van der Waals surface area contributed by atoms with Gasteiger partial charge in [0, 0.05) is 17.6 Å². The summed E-state index contributed by atoms with van der Waals surface area (Å²) in [5.41, 5.74) is 2.62. The van der Waals surface area contributed by atoms with Crippen LogP contribution in [0.2, 0.25) is 0 Å². The molecule has 100 valence electrons. The zero-order valence-corrected chi connectivity index (χ0v) is 10.5. The number of ketones is 1. The van der Waals surface area contributed by atoms with Crippen molar-refractivity contribution in [3.05, 3.63) is 58.7 Å². The molecule has 0 spiro atoms. The van der Waals surface area contributed by atoms with Crippen molar-refractivity contribution in [2.75, 3.05) is 0 Å². The molecular weight excluding hydrogens is 256 g/mol. The second-order valence-electron chi connectivity index (χ2n) is 4.77. The van der Waals surface area contributed by atoms with E-state index < -0.39 is 0 Å². The second-order valence-corrected chi connectivity index (χ2v) is 4.77. The molecule has 0 heterocycles. The standard InChI is InChI=1S/C16H12O4/c17-12-2-3-13-10(8-12)7-11(16(13)20)5-9-1-4-14(18)15(19)6-9/h1-6,8,17-19H,7H2. The molecule has 0 fully saturated rings. The lowest BCUT2D eigenvalue weighted by molar-refractivity contribution is 0.104. The number of phenols is 3. The topological polar surface area (TPSA) is 77.8 Å². The first-order valence-corrected chi connectivity index (χ1v) is 6.14. The fourth-order valence-corrected chi connectivity index (χ4v) is 2.35. The number of rotatable bonds is 1. The van der Waals surface area contributed by atoms with E-state index in [4.69, 9.17) is 0 Å². The van der Waals surface area contributed by atoms with Crippen LogP contribution >= 0.6 is 0 Å². The molecule has 0 amide bonds. The van der Waals surface area contributed by atoms with Crippen molar-refractivity contribution in [1.82, 2.24) is 0 Å². The molecule has 0 saturated heterocycles. The van der Waals surface area contributed by atoms with Gasteiger partial charge in [0.25, 0.3) is 0 Å². The number of allylic oxidation sites excluding steroid dienone is 1. The van der Waals surface area contributed by atoms with E-state index in [1.165, 1.54) is 18.2 Å². The monoisotopic (exact) mass is 268 g/mol. The first kappa shape index (κ1) is 12.3. The summed E-state index contributed by atoms with van der Waals surface area (Å²) in [7, 11) is 0. The Kier molecular flexibility index (Phi) is 2.71. The largest absolute Gasteiger partial charge is 0.508 e. The summed E-state index contributed by atoms with van der Waals surface area (Å²) in [5, 5.41) is 28.2. The van der Waals surface area contributed by atoms with Crippen LogP contribution in [-0.2, 0) is 6.42 Å². The molecule has 0 aliphatic heterocycles. The van der Waals surface area contributed by atoms with Gasteiger partial charge in [0.2, 0.25) is 0 Å². The zero-order chi connectivity index (χ0) is 14.3. The molecule has 1 aliphatic rings. The summed E-state index contributed by atoms with van der Waals surface area (Å²) >= 11 is 0. The van der Waals surface area contributed by atoms with Crippen LogP contribution in [0.5, 0.6) is 17.2 Å². The molecular formula is C16H12O4. The van der Waals surface area contributed by atoms with E-state index in [1.807, 2.05) is 0 Å². The van der Waals surface area contributed by atoms with Crippen LogP contribution in [0.25, 0.3) is 6.08 Å². The van der Waals surface area contributed by atoms with E-state index in [2.05, 4.69) is 0 Å². The fourth-order valence-electron chi connectivity index (χ4n) is 2.35. The SMILES string of the molecule is O=C1C(=Cc2ccc(O)c(O)c2)Cc2cc(O)ccc21. The number of phenolic OH excluding ortho intramolecular Hbond substituents is 3. The number of Topliss-reactive ketones (excluding diaryl/α,β-unsaturated/α-hetero) is 1. The van der Waals surface area contributed by atoms with Crippen LogP contribution in [0.4, 0.5) is 0 Å². The molecule has 0 bridgehead atoms. The van der Waals surface area contributed by atoms with E-state index in [-0.39, 0.29) is 23.0 Å². The van der Waals surface area contributed by atoms with Crippen molar-refractivity contribution < 1.29 is 20.1 Å². The predicted octanol–water partition coefficient (Wildman–Crippen LogP) is 2.63. The first-order chi connectivity index (χ1) is 9.54. The molecule has 0 saturated carbocycles. The maximum atomic E-state index is 12.2. The number of hydrogen-bond acceptors (Lipinski definition) is 4. The van der Waals surface area contributed by atoms with Crippen LogP contribution in [-0.4, -0.2) is 21.1 Å². The third kappa shape index (κ3) is 2.01. The maximum Gasteiger partial charge on any atom is 0.189 e. The number of carbonyl (C=O) groups is 1. The molecule has 4 nitrogen and oxygen atoms in total. The lowest BCUT2D eigenvalue weighted by atomic mass is 10.1. The van der Waals surface area contributed by atoms with E-state index in [0.717, 1.165) is 5.56 Å². The molecule has 3 N–H and O–H groups in total. The highest BCUT2D eigenvalue weighted by Gasteiger charge is 2.24. The second kappa shape index (κ2) is 4.42. The highest BCUT2D eigenvalue weighted by molar-refractivity contribution is 6.15. The lowest BCUT2D eigenvalue weighted by Crippen LogP contribution is -1.94. The fraction of sp³-hybridized carbons (Fsp3) is 0.0625. The van der Waals surface area contributed by atoms with Crippen molar-refractivity contribution in [3.63, 3.8) is 0 Å². The Morgan fingerprint density at radius 3 is 2.50 bits per heavy atom. The third-order valence-electron chi connectivity index (χ3n) is 3.35. The van der Waals surface area contributed by atoms with Gasteiger partial charge in [-0.1, -0.05) is 6.07 Å². The van der Waals surface area contributed by atoms with Crippen molar-refractivity contribution in [2.24, 2.45) is 0 Å². The van der Waals surface area contributed by atoms with Gasteiger partial charge in [0.15, 0.2) is 17.3 Å². The Balaban J connectivity index is 1.99. The average Bonchev–Trinajstić information content (AvgIpc) is 2.70. The smallest absolute Gasteiger partial charge is 0.189 e. The Bertz CT molecular complexity index is 744. The molecule has 0 aromatic heterocycles. The molecule has 0 unspecified atom stereocenters. The van der Waals surface area contributed by atoms with Crippen LogP contribution in [0.15, 0.2) is 42.0 Å². The van der Waals surface area contributed by atoms with E-state index in [0.29, 0.717) is 23.1 Å². The third-order valence-corrected chi connectivity index (χ3v) is 3.35. The zero-order valence-electron chi connectivity index (χ0n) is 10.5. The van der Waals surface area contributed by atoms with E-state index in [1.54, 1.807) is 24.3 Å². The van der Waals surface area contributed by atoms with E-state index in [9.17, 15) is 20.1 Å². The van der Waals surface area contributed by atoms with Gasteiger partial charge in [-0.25, -0.2) is 0 Å². The van der Waals surface area contributed by atoms with Gasteiger partial charge in [-0.2, -0.15) is 0 Å². The molecule has 2 aromatic rings. The molecule has 3 rings (SSSR count). The van der Waals surface area contributed by atoms with Crippen molar-refractivity contribution in [3.8, 4) is 17.2 Å². The molecule has 4 heteroatoms. The lowest BCUT2D eigenvalue weighted by Gasteiger charge is -2.00. The van der Waals surface area contributed by atoms with E-state index >= 15 is 0 Å². The van der Waals surface area contributed by atoms with Gasteiger partial charge in [-0.3, -0.25) is 4.79 Å². The Labute approximate surface area is 115 Å². The molecule has 20 heavy (non-hydrogen) atoms. The minimum Gasteiger partial charge on any atom is -0.508 e. The minimum absolute atomic E-state index is 0.0763. The van der Waals surface area contributed by atoms with Crippen LogP contribution in [0.3, 0.4) is 0 Å². The van der Waals surface area contributed by atoms with Crippen molar-refractivity contribution >= 4 is 11.9 Å². The minimum atomic E-state index is -0.222. The molecule has 0 radical (unpaired) electrons. The van der Waals surface area contributed by atoms with Gasteiger partial charge in [-0.15, -0.1) is 0 Å². The summed E-state index contributed by atoms with van der Waals surface area (Å²) in [5.74, 6) is -0.356. The highest BCUT2D eigenvalue weighted by atomic mass is 16.3. The van der Waals surface area contributed by atoms with Crippen LogP contribution in [0, 0.1) is 0 Å². The summed E-state index contributed by atoms with van der Waals surface area (Å²) in [6, 6.07) is 9.09. The Morgan fingerprint density at radius 2 is 1.75 bits per heavy atom. The maximum absolute atomic E-state index is 12.2. The number of hydrogen-bond donors (Lipinski definition) is 3. The number of fused-ring (bicyclic) bond motifs is 1. The van der Waals surface area contributed by atoms with Gasteiger partial charge < -0.3 is 15.3 Å². The van der Waals surface area contributed by atoms with Crippen molar-refractivity contribution in [2.45, 2.75) is 6.42 Å². The van der Waals surface area contributed by atoms with Gasteiger partial charge in [0.05, 0.1) is 0 Å². The van der Waals surface area contributed by atoms with Gasteiger partial charge >= 0.3 is 0 Å². The normalized spacial score (nSPS) is 15.6. The Morgan fingerprint density at radius 1 is 0.950 bits per heavy atom. The molecule has 0 atom stereocenters. The number of carbonyl (C=O) groups excluding carboxylic acids is 1. The summed E-state index contributed by atoms with van der Waals surface area (Å²) in [6.07, 6.45) is 2.13. The van der Waals surface area contributed by atoms with Crippen molar-refractivity contribution in [1.29, 1.82) is 0 Å². The molecule has 1 aliphatic carbocycles. The average molecular weight is 268 g/mol. The molecule has 2 aromatic carbocycles. The van der Waals surface area contributed by atoms with Crippen LogP contribution < -0.4 is 0 Å². The summed E-state index contributed by atoms with van der Waals surface area (Å²) < 4.78 is 0. The van der Waals surface area contributed by atoms with Gasteiger partial charge in [-0.05, 0) is 47.5 Å². The predicted molar refractivity (Wildman–Crippen MR) is 73.9 cm³/mol. The quantitative estimate of drug-likeness (QED) is 0.549. The van der Waals surface area contributed by atoms with Gasteiger partial charge in [0.1, 0.15) is 5.75 Å². The number of benzene rings is 2.